The van der Waals surface area contributed by atoms with E-state index in [0.717, 1.165) is 17.2 Å². The van der Waals surface area contributed by atoms with Crippen molar-refractivity contribution in [3.05, 3.63) is 54.6 Å². The van der Waals surface area contributed by atoms with E-state index in [9.17, 15) is 9.59 Å². The first-order valence-corrected chi connectivity index (χ1v) is 7.79. The molecule has 3 heteroatoms. The van der Waals surface area contributed by atoms with Crippen molar-refractivity contribution in [3.8, 4) is 0 Å². The van der Waals surface area contributed by atoms with E-state index in [0.29, 0.717) is 5.69 Å². The summed E-state index contributed by atoms with van der Waals surface area (Å²) in [5, 5.41) is 2.17. The highest BCUT2D eigenvalue weighted by Gasteiger charge is 2.59. The fraction of sp³-hybridized carbons (Fsp3) is 0.263. The van der Waals surface area contributed by atoms with E-state index in [1.165, 1.54) is 4.90 Å². The number of rotatable bonds is 1. The summed E-state index contributed by atoms with van der Waals surface area (Å²) in [5.74, 6) is 0.237. The minimum atomic E-state index is -0.131. The van der Waals surface area contributed by atoms with Crippen LogP contribution in [0.3, 0.4) is 0 Å². The lowest BCUT2D eigenvalue weighted by Crippen LogP contribution is -2.32. The van der Waals surface area contributed by atoms with Gasteiger partial charge in [0.15, 0.2) is 0 Å². The van der Waals surface area contributed by atoms with Gasteiger partial charge in [-0.05, 0) is 41.2 Å². The molecule has 2 bridgehead atoms. The van der Waals surface area contributed by atoms with E-state index in [4.69, 9.17) is 0 Å². The van der Waals surface area contributed by atoms with Crippen LogP contribution in [-0.4, -0.2) is 11.8 Å². The minimum absolute atomic E-state index is 0.0119. The van der Waals surface area contributed by atoms with Gasteiger partial charge in [0, 0.05) is 0 Å². The Morgan fingerprint density at radius 2 is 1.45 bits per heavy atom. The van der Waals surface area contributed by atoms with E-state index in [1.807, 2.05) is 42.5 Å². The summed E-state index contributed by atoms with van der Waals surface area (Å²) in [6.07, 6.45) is 5.22. The zero-order valence-corrected chi connectivity index (χ0v) is 12.0. The maximum Gasteiger partial charge on any atom is 0.238 e. The molecular weight excluding hydrogens is 274 g/mol. The molecule has 2 aliphatic carbocycles. The first-order chi connectivity index (χ1) is 10.7. The first kappa shape index (κ1) is 12.2. The van der Waals surface area contributed by atoms with E-state index < -0.39 is 0 Å². The molecule has 3 aliphatic rings. The molecule has 0 N–H and O–H groups in total. The molecule has 0 aromatic heterocycles. The van der Waals surface area contributed by atoms with Crippen LogP contribution in [0.4, 0.5) is 5.69 Å². The predicted molar refractivity (Wildman–Crippen MR) is 84.2 cm³/mol. The molecule has 22 heavy (non-hydrogen) atoms. The number of nitrogens with zero attached hydrogens (tertiary/aromatic N) is 1. The van der Waals surface area contributed by atoms with Crippen LogP contribution in [0, 0.1) is 23.7 Å². The van der Waals surface area contributed by atoms with Crippen LogP contribution >= 0.6 is 0 Å². The lowest BCUT2D eigenvalue weighted by Gasteiger charge is -2.17. The second kappa shape index (κ2) is 4.07. The molecule has 5 rings (SSSR count). The summed E-state index contributed by atoms with van der Waals surface area (Å²) in [4.78, 5) is 27.0. The van der Waals surface area contributed by atoms with E-state index >= 15 is 0 Å². The summed E-state index contributed by atoms with van der Waals surface area (Å²) >= 11 is 0. The normalized spacial score (nSPS) is 32.3. The third-order valence-corrected chi connectivity index (χ3v) is 5.46. The topological polar surface area (TPSA) is 37.4 Å². The van der Waals surface area contributed by atoms with Crippen molar-refractivity contribution < 1.29 is 9.59 Å². The van der Waals surface area contributed by atoms with E-state index in [1.54, 1.807) is 0 Å². The van der Waals surface area contributed by atoms with Gasteiger partial charge in [-0.2, -0.15) is 0 Å². The Kier molecular flexibility index (Phi) is 2.25. The Morgan fingerprint density at radius 3 is 2.14 bits per heavy atom. The highest BCUT2D eigenvalue weighted by molar-refractivity contribution is 6.23. The fourth-order valence-corrected chi connectivity index (χ4v) is 4.47. The number of anilines is 1. The summed E-state index contributed by atoms with van der Waals surface area (Å²) in [6, 6.07) is 13.8. The Balaban J connectivity index is 1.60. The highest BCUT2D eigenvalue weighted by Crippen LogP contribution is 2.53. The Labute approximate surface area is 128 Å². The van der Waals surface area contributed by atoms with Crippen molar-refractivity contribution in [1.29, 1.82) is 0 Å². The number of allylic oxidation sites excluding steroid dienone is 2. The van der Waals surface area contributed by atoms with Gasteiger partial charge in [0.1, 0.15) is 0 Å². The number of hydrogen-bond acceptors (Lipinski definition) is 2. The number of fused-ring (bicyclic) bond motifs is 6. The molecule has 108 valence electrons. The maximum absolute atomic E-state index is 12.8. The van der Waals surface area contributed by atoms with Crippen LogP contribution in [0.25, 0.3) is 10.8 Å². The van der Waals surface area contributed by atoms with Gasteiger partial charge in [0.2, 0.25) is 11.8 Å². The van der Waals surface area contributed by atoms with E-state index in [2.05, 4.69) is 12.2 Å². The van der Waals surface area contributed by atoms with Gasteiger partial charge < -0.3 is 0 Å². The Hall–Kier alpha value is -2.42. The quantitative estimate of drug-likeness (QED) is 0.597. The lowest BCUT2D eigenvalue weighted by molar-refractivity contribution is -0.123. The van der Waals surface area contributed by atoms with Crippen molar-refractivity contribution >= 4 is 28.3 Å². The molecule has 0 spiro atoms. The number of hydrogen-bond donors (Lipinski definition) is 0. The third kappa shape index (κ3) is 1.41. The largest absolute Gasteiger partial charge is 0.274 e. The summed E-state index contributed by atoms with van der Waals surface area (Å²) in [7, 11) is 0. The zero-order valence-electron chi connectivity index (χ0n) is 12.0. The SMILES string of the molecule is O=C1[C@@H]2[C@@H](C(=O)N1c1ccc3ccccc3c1)[C@H]1C=C[C@H]2C1. The van der Waals surface area contributed by atoms with Gasteiger partial charge in [0.25, 0.3) is 0 Å². The number of carbonyl (C=O) groups excluding carboxylic acids is 2. The molecule has 4 atom stereocenters. The molecule has 0 unspecified atom stereocenters. The van der Waals surface area contributed by atoms with Gasteiger partial charge in [-0.3, -0.25) is 9.59 Å². The summed E-state index contributed by atoms with van der Waals surface area (Å²) in [5.41, 5.74) is 0.711. The second-order valence-electron chi connectivity index (χ2n) is 6.54. The highest BCUT2D eigenvalue weighted by atomic mass is 16.2. The van der Waals surface area contributed by atoms with Crippen LogP contribution in [0.15, 0.2) is 54.6 Å². The Morgan fingerprint density at radius 1 is 0.818 bits per heavy atom. The fourth-order valence-electron chi connectivity index (χ4n) is 4.47. The molecule has 2 aromatic rings. The van der Waals surface area contributed by atoms with Crippen molar-refractivity contribution in [3.63, 3.8) is 0 Å². The molecule has 1 saturated heterocycles. The lowest BCUT2D eigenvalue weighted by atomic mass is 9.85. The molecular formula is C19H15NO2. The molecule has 1 heterocycles. The van der Waals surface area contributed by atoms with Crippen LogP contribution in [-0.2, 0) is 9.59 Å². The first-order valence-electron chi connectivity index (χ1n) is 7.79. The standard InChI is InChI=1S/C19H15NO2/c21-18-16-13-5-6-14(9-13)17(16)19(22)20(18)15-8-7-11-3-1-2-4-12(11)10-15/h1-8,10,13-14,16-17H,9H2/t13-,14-,16-,17-/m0/s1. The van der Waals surface area contributed by atoms with Gasteiger partial charge >= 0.3 is 0 Å². The molecule has 2 aromatic carbocycles. The summed E-state index contributed by atoms with van der Waals surface area (Å²) in [6.45, 7) is 0. The average molecular weight is 289 g/mol. The van der Waals surface area contributed by atoms with Crippen LogP contribution in [0.2, 0.25) is 0 Å². The zero-order chi connectivity index (χ0) is 14.8. The smallest absolute Gasteiger partial charge is 0.238 e. The molecule has 1 saturated carbocycles. The van der Waals surface area contributed by atoms with Gasteiger partial charge in [-0.1, -0.05) is 42.5 Å². The van der Waals surface area contributed by atoms with Crippen molar-refractivity contribution in [2.24, 2.45) is 23.7 Å². The molecule has 0 radical (unpaired) electrons. The molecule has 3 nitrogen and oxygen atoms in total. The van der Waals surface area contributed by atoms with Gasteiger partial charge in [-0.25, -0.2) is 4.90 Å². The predicted octanol–water partition coefficient (Wildman–Crippen LogP) is 3.15. The number of imide groups is 1. The average Bonchev–Trinajstić information content (AvgIpc) is 3.21. The maximum atomic E-state index is 12.8. The van der Waals surface area contributed by atoms with E-state index in [-0.39, 0.29) is 35.5 Å². The van der Waals surface area contributed by atoms with Crippen molar-refractivity contribution in [1.82, 2.24) is 0 Å². The molecule has 1 aliphatic heterocycles. The van der Waals surface area contributed by atoms with Crippen LogP contribution in [0.1, 0.15) is 6.42 Å². The molecule has 2 fully saturated rings. The number of carbonyl (C=O) groups is 2. The number of benzene rings is 2. The number of amides is 2. The second-order valence-corrected chi connectivity index (χ2v) is 6.54. The van der Waals surface area contributed by atoms with Gasteiger partial charge in [0.05, 0.1) is 17.5 Å². The Bertz CT molecular complexity index is 823. The minimum Gasteiger partial charge on any atom is -0.274 e. The van der Waals surface area contributed by atoms with Crippen LogP contribution in [0.5, 0.6) is 0 Å². The summed E-state index contributed by atoms with van der Waals surface area (Å²) < 4.78 is 0. The van der Waals surface area contributed by atoms with Crippen LogP contribution < -0.4 is 4.90 Å². The van der Waals surface area contributed by atoms with Gasteiger partial charge in [-0.15, -0.1) is 0 Å². The molecule has 2 amide bonds. The monoisotopic (exact) mass is 289 g/mol. The third-order valence-electron chi connectivity index (χ3n) is 5.46. The van der Waals surface area contributed by atoms with Crippen molar-refractivity contribution in [2.45, 2.75) is 6.42 Å². The van der Waals surface area contributed by atoms with Crippen molar-refractivity contribution in [2.75, 3.05) is 4.90 Å².